The Bertz CT molecular complexity index is 486. The number of rotatable bonds is 5. The fourth-order valence-corrected chi connectivity index (χ4v) is 3.47. The number of carbonyl (C=O) groups excluding carboxylic acids is 1. The lowest BCUT2D eigenvalue weighted by atomic mass is 9.85. The molecule has 1 heterocycles. The van der Waals surface area contributed by atoms with Crippen molar-refractivity contribution in [1.29, 1.82) is 0 Å². The average molecular weight is 302 g/mol. The molecule has 22 heavy (non-hydrogen) atoms. The molecule has 3 atom stereocenters. The SMILES string of the molecule is Cc1cc(C)cc(C(C)NC(=O)CC(C)C2CCCNC2)c1. The van der Waals surface area contributed by atoms with E-state index in [2.05, 4.69) is 56.5 Å². The van der Waals surface area contributed by atoms with Gasteiger partial charge >= 0.3 is 0 Å². The maximum absolute atomic E-state index is 12.3. The smallest absolute Gasteiger partial charge is 0.220 e. The van der Waals surface area contributed by atoms with Crippen molar-refractivity contribution < 1.29 is 4.79 Å². The van der Waals surface area contributed by atoms with Gasteiger partial charge in [-0.2, -0.15) is 0 Å². The van der Waals surface area contributed by atoms with Gasteiger partial charge in [0.1, 0.15) is 0 Å². The summed E-state index contributed by atoms with van der Waals surface area (Å²) in [6, 6.07) is 6.55. The van der Waals surface area contributed by atoms with Crippen molar-refractivity contribution in [3.63, 3.8) is 0 Å². The topological polar surface area (TPSA) is 41.1 Å². The summed E-state index contributed by atoms with van der Waals surface area (Å²) in [4.78, 5) is 12.3. The van der Waals surface area contributed by atoms with E-state index < -0.39 is 0 Å². The first-order valence-corrected chi connectivity index (χ1v) is 8.54. The maximum Gasteiger partial charge on any atom is 0.220 e. The quantitative estimate of drug-likeness (QED) is 0.874. The van der Waals surface area contributed by atoms with Crippen LogP contribution in [-0.2, 0) is 4.79 Å². The van der Waals surface area contributed by atoms with Crippen molar-refractivity contribution in [2.45, 2.75) is 53.0 Å². The highest BCUT2D eigenvalue weighted by atomic mass is 16.1. The lowest BCUT2D eigenvalue weighted by Gasteiger charge is -2.28. The summed E-state index contributed by atoms with van der Waals surface area (Å²) in [5.41, 5.74) is 3.69. The second kappa shape index (κ2) is 7.77. The molecule has 3 heteroatoms. The monoisotopic (exact) mass is 302 g/mol. The number of carbonyl (C=O) groups is 1. The minimum absolute atomic E-state index is 0.0720. The van der Waals surface area contributed by atoms with E-state index in [1.807, 2.05) is 0 Å². The Labute approximate surface area is 134 Å². The number of piperidine rings is 1. The van der Waals surface area contributed by atoms with E-state index in [0.717, 1.165) is 13.1 Å². The van der Waals surface area contributed by atoms with Crippen molar-refractivity contribution in [2.75, 3.05) is 13.1 Å². The summed E-state index contributed by atoms with van der Waals surface area (Å²) in [5.74, 6) is 1.25. The van der Waals surface area contributed by atoms with E-state index in [-0.39, 0.29) is 11.9 Å². The largest absolute Gasteiger partial charge is 0.350 e. The van der Waals surface area contributed by atoms with Gasteiger partial charge < -0.3 is 10.6 Å². The van der Waals surface area contributed by atoms with E-state index in [0.29, 0.717) is 18.3 Å². The van der Waals surface area contributed by atoms with E-state index in [4.69, 9.17) is 0 Å². The van der Waals surface area contributed by atoms with Gasteiger partial charge in [0.25, 0.3) is 0 Å². The molecule has 0 saturated carbocycles. The number of nitrogens with one attached hydrogen (secondary N) is 2. The maximum atomic E-state index is 12.3. The second-order valence-corrected chi connectivity index (χ2v) is 7.00. The van der Waals surface area contributed by atoms with Crippen LogP contribution in [0, 0.1) is 25.7 Å². The molecule has 0 spiro atoms. The summed E-state index contributed by atoms with van der Waals surface area (Å²) in [5, 5.41) is 6.60. The minimum atomic E-state index is 0.0720. The molecule has 0 aliphatic carbocycles. The molecule has 2 N–H and O–H groups in total. The Balaban J connectivity index is 1.87. The van der Waals surface area contributed by atoms with E-state index in [1.54, 1.807) is 0 Å². The summed E-state index contributed by atoms with van der Waals surface area (Å²) < 4.78 is 0. The number of amides is 1. The molecule has 1 aliphatic rings. The fourth-order valence-electron chi connectivity index (χ4n) is 3.47. The number of hydrogen-bond donors (Lipinski definition) is 2. The lowest BCUT2D eigenvalue weighted by molar-refractivity contribution is -0.123. The molecule has 1 aromatic rings. The van der Waals surface area contributed by atoms with Crippen LogP contribution < -0.4 is 10.6 Å². The van der Waals surface area contributed by atoms with Crippen LogP contribution in [0.1, 0.15) is 55.8 Å². The molecule has 1 aliphatic heterocycles. The molecule has 0 bridgehead atoms. The van der Waals surface area contributed by atoms with Crippen LogP contribution in [0.3, 0.4) is 0 Å². The van der Waals surface area contributed by atoms with Gasteiger partial charge in [-0.15, -0.1) is 0 Å². The fraction of sp³-hybridized carbons (Fsp3) is 0.632. The number of hydrogen-bond acceptors (Lipinski definition) is 2. The molecular formula is C19H30N2O. The van der Waals surface area contributed by atoms with Crippen molar-refractivity contribution in [2.24, 2.45) is 11.8 Å². The minimum Gasteiger partial charge on any atom is -0.350 e. The lowest BCUT2D eigenvalue weighted by Crippen LogP contribution is -2.36. The molecular weight excluding hydrogens is 272 g/mol. The summed E-state index contributed by atoms with van der Waals surface area (Å²) in [6.07, 6.45) is 3.10. The average Bonchev–Trinajstić information content (AvgIpc) is 2.47. The zero-order valence-electron chi connectivity index (χ0n) is 14.4. The molecule has 1 saturated heterocycles. The highest BCUT2D eigenvalue weighted by Crippen LogP contribution is 2.23. The molecule has 2 rings (SSSR count). The number of benzene rings is 1. The van der Waals surface area contributed by atoms with Gasteiger partial charge in [0.15, 0.2) is 0 Å². The first-order valence-electron chi connectivity index (χ1n) is 8.54. The van der Waals surface area contributed by atoms with Gasteiger partial charge in [0.05, 0.1) is 6.04 Å². The standard InChI is InChI=1S/C19H30N2O/c1-13-8-14(2)10-18(9-13)16(4)21-19(22)11-15(3)17-6-5-7-20-12-17/h8-10,15-17,20H,5-7,11-12H2,1-4H3,(H,21,22). The third-order valence-electron chi connectivity index (χ3n) is 4.77. The molecule has 0 radical (unpaired) electrons. The Hall–Kier alpha value is -1.35. The molecule has 122 valence electrons. The Morgan fingerprint density at radius 3 is 2.55 bits per heavy atom. The summed E-state index contributed by atoms with van der Waals surface area (Å²) >= 11 is 0. The van der Waals surface area contributed by atoms with Gasteiger partial charge in [0, 0.05) is 6.42 Å². The van der Waals surface area contributed by atoms with Crippen LogP contribution in [0.25, 0.3) is 0 Å². The normalized spacial score (nSPS) is 21.2. The van der Waals surface area contributed by atoms with Crippen LogP contribution in [0.15, 0.2) is 18.2 Å². The third kappa shape index (κ3) is 4.84. The highest BCUT2D eigenvalue weighted by Gasteiger charge is 2.22. The third-order valence-corrected chi connectivity index (χ3v) is 4.77. The predicted octanol–water partition coefficient (Wildman–Crippen LogP) is 3.51. The van der Waals surface area contributed by atoms with Crippen molar-refractivity contribution in [3.8, 4) is 0 Å². The van der Waals surface area contributed by atoms with E-state index in [1.165, 1.54) is 29.5 Å². The van der Waals surface area contributed by atoms with Crippen molar-refractivity contribution in [1.82, 2.24) is 10.6 Å². The summed E-state index contributed by atoms with van der Waals surface area (Å²) in [6.45, 7) is 10.7. The zero-order chi connectivity index (χ0) is 16.1. The van der Waals surface area contributed by atoms with Gasteiger partial charge in [-0.3, -0.25) is 4.79 Å². The van der Waals surface area contributed by atoms with Gasteiger partial charge in [-0.1, -0.05) is 36.2 Å². The molecule has 3 unspecified atom stereocenters. The summed E-state index contributed by atoms with van der Waals surface area (Å²) in [7, 11) is 0. The van der Waals surface area contributed by atoms with Crippen LogP contribution >= 0.6 is 0 Å². The van der Waals surface area contributed by atoms with Gasteiger partial charge in [0.2, 0.25) is 5.91 Å². The second-order valence-electron chi connectivity index (χ2n) is 7.00. The highest BCUT2D eigenvalue weighted by molar-refractivity contribution is 5.76. The predicted molar refractivity (Wildman–Crippen MR) is 91.8 cm³/mol. The molecule has 1 aromatic carbocycles. The van der Waals surface area contributed by atoms with Crippen LogP contribution in [0.5, 0.6) is 0 Å². The first kappa shape index (κ1) is 17.0. The van der Waals surface area contributed by atoms with Crippen LogP contribution in [-0.4, -0.2) is 19.0 Å². The Kier molecular flexibility index (Phi) is 6.01. The molecule has 0 aromatic heterocycles. The molecule has 3 nitrogen and oxygen atoms in total. The zero-order valence-corrected chi connectivity index (χ0v) is 14.4. The Morgan fingerprint density at radius 1 is 1.27 bits per heavy atom. The van der Waals surface area contributed by atoms with E-state index in [9.17, 15) is 4.79 Å². The van der Waals surface area contributed by atoms with E-state index >= 15 is 0 Å². The van der Waals surface area contributed by atoms with Crippen LogP contribution in [0.4, 0.5) is 0 Å². The molecule has 1 amide bonds. The van der Waals surface area contributed by atoms with Crippen molar-refractivity contribution in [3.05, 3.63) is 34.9 Å². The van der Waals surface area contributed by atoms with Gasteiger partial charge in [-0.25, -0.2) is 0 Å². The van der Waals surface area contributed by atoms with Crippen molar-refractivity contribution >= 4 is 5.91 Å². The molecule has 1 fully saturated rings. The Morgan fingerprint density at radius 2 is 1.95 bits per heavy atom. The van der Waals surface area contributed by atoms with Gasteiger partial charge in [-0.05, 0) is 64.1 Å². The number of aryl methyl sites for hydroxylation is 2. The van der Waals surface area contributed by atoms with Crippen LogP contribution in [0.2, 0.25) is 0 Å². The first-order chi connectivity index (χ1) is 10.5.